The molecule has 1 heterocycles. The molecule has 0 aromatic carbocycles. The van der Waals surface area contributed by atoms with Gasteiger partial charge in [0.2, 0.25) is 0 Å². The summed E-state index contributed by atoms with van der Waals surface area (Å²) in [5, 5.41) is 42.8. The van der Waals surface area contributed by atoms with Crippen molar-refractivity contribution in [1.29, 1.82) is 0 Å². The molecule has 240 valence electrons. The molecule has 1 amide bonds. The first-order chi connectivity index (χ1) is 19.5. The Morgan fingerprint density at radius 2 is 1.64 bits per heavy atom. The summed E-state index contributed by atoms with van der Waals surface area (Å²) >= 11 is 0. The maximum absolute atomic E-state index is 12.0. The average molecular weight is 594 g/mol. The number of primary amides is 1. The summed E-state index contributed by atoms with van der Waals surface area (Å²) in [5.74, 6) is -2.52. The number of aliphatic hydroxyl groups is 4. The predicted octanol–water partition coefficient (Wildman–Crippen LogP) is 4.30. The second-order valence-electron chi connectivity index (χ2n) is 12.4. The molecule has 1 fully saturated rings. The largest absolute Gasteiger partial charge is 0.462 e. The molecule has 13 atom stereocenters. The lowest BCUT2D eigenvalue weighted by Crippen LogP contribution is -2.47. The first-order valence-corrected chi connectivity index (χ1v) is 15.0. The van der Waals surface area contributed by atoms with Crippen LogP contribution in [0.5, 0.6) is 0 Å². The van der Waals surface area contributed by atoms with Crippen LogP contribution >= 0.6 is 0 Å². The number of rotatable bonds is 16. The molecule has 2 unspecified atom stereocenters. The van der Waals surface area contributed by atoms with E-state index in [4.69, 9.17) is 15.2 Å². The quantitative estimate of drug-likeness (QED) is 0.101. The summed E-state index contributed by atoms with van der Waals surface area (Å²) in [7, 11) is 0. The summed E-state index contributed by atoms with van der Waals surface area (Å²) in [6.45, 7) is 18.5. The normalized spacial score (nSPS) is 28.3. The van der Waals surface area contributed by atoms with E-state index < -0.39 is 54.6 Å². The van der Waals surface area contributed by atoms with Crippen molar-refractivity contribution in [3.63, 3.8) is 0 Å². The third-order valence-corrected chi connectivity index (χ3v) is 8.62. The van der Waals surface area contributed by atoms with E-state index in [9.17, 15) is 30.0 Å². The van der Waals surface area contributed by atoms with Gasteiger partial charge in [0.25, 0.3) is 0 Å². The minimum atomic E-state index is -0.894. The van der Waals surface area contributed by atoms with Gasteiger partial charge in [0, 0.05) is 36.0 Å². The number of allylic oxidation sites excluding steroid dienone is 3. The zero-order valence-corrected chi connectivity index (χ0v) is 26.6. The van der Waals surface area contributed by atoms with Gasteiger partial charge in [-0.05, 0) is 26.2 Å². The van der Waals surface area contributed by atoms with Crippen molar-refractivity contribution in [3.8, 4) is 0 Å². The van der Waals surface area contributed by atoms with Crippen molar-refractivity contribution >= 4 is 12.1 Å². The van der Waals surface area contributed by atoms with Gasteiger partial charge in [-0.1, -0.05) is 90.2 Å². The fourth-order valence-corrected chi connectivity index (χ4v) is 5.80. The lowest BCUT2D eigenvalue weighted by molar-refractivity contribution is -0.179. The Labute approximate surface area is 252 Å². The SMILES string of the molecule is C=CC=C[C@H](C)[C@H](OC(N)=O)[C@@H](C)[C@H](O)[C@@H](C)CC(C)=CC(C)[C@@H](O)[C@@H](C)C=C[C@@H](O)C[C@@H]1OC(=O)[C@H](C)C(O)[C@H]1C. The molecule has 0 aromatic heterocycles. The Bertz CT molecular complexity index is 962. The number of carbonyl (C=O) groups is 2. The van der Waals surface area contributed by atoms with E-state index in [1.807, 2.05) is 53.7 Å². The number of nitrogens with two attached hydrogens (primary N) is 1. The van der Waals surface area contributed by atoms with Crippen LogP contribution in [0.3, 0.4) is 0 Å². The monoisotopic (exact) mass is 593 g/mol. The first kappa shape index (κ1) is 37.6. The summed E-state index contributed by atoms with van der Waals surface area (Å²) < 4.78 is 10.8. The highest BCUT2D eigenvalue weighted by molar-refractivity contribution is 5.73. The Kier molecular flexibility index (Phi) is 15.7. The van der Waals surface area contributed by atoms with E-state index in [-0.39, 0.29) is 41.9 Å². The zero-order valence-electron chi connectivity index (χ0n) is 26.6. The lowest BCUT2D eigenvalue weighted by Gasteiger charge is -2.36. The van der Waals surface area contributed by atoms with E-state index >= 15 is 0 Å². The van der Waals surface area contributed by atoms with Gasteiger partial charge in [0.15, 0.2) is 0 Å². The molecule has 0 saturated carbocycles. The van der Waals surface area contributed by atoms with Crippen LogP contribution in [0.25, 0.3) is 0 Å². The molecule has 1 aliphatic rings. The lowest BCUT2D eigenvalue weighted by atomic mass is 9.81. The van der Waals surface area contributed by atoms with Gasteiger partial charge >= 0.3 is 12.1 Å². The highest BCUT2D eigenvalue weighted by Crippen LogP contribution is 2.30. The van der Waals surface area contributed by atoms with Gasteiger partial charge in [-0.2, -0.15) is 0 Å². The Morgan fingerprint density at radius 3 is 2.21 bits per heavy atom. The van der Waals surface area contributed by atoms with Crippen molar-refractivity contribution in [2.24, 2.45) is 47.2 Å². The summed E-state index contributed by atoms with van der Waals surface area (Å²) in [5.41, 5.74) is 6.30. The van der Waals surface area contributed by atoms with Crippen molar-refractivity contribution < 1.29 is 39.5 Å². The molecule has 6 N–H and O–H groups in total. The van der Waals surface area contributed by atoms with Crippen molar-refractivity contribution in [1.82, 2.24) is 0 Å². The van der Waals surface area contributed by atoms with Crippen LogP contribution in [-0.2, 0) is 14.3 Å². The van der Waals surface area contributed by atoms with Crippen LogP contribution in [-0.4, -0.2) is 69.1 Å². The molecule has 42 heavy (non-hydrogen) atoms. The second-order valence-corrected chi connectivity index (χ2v) is 12.4. The van der Waals surface area contributed by atoms with Crippen LogP contribution in [0.15, 0.2) is 48.6 Å². The highest BCUT2D eigenvalue weighted by Gasteiger charge is 2.41. The maximum Gasteiger partial charge on any atom is 0.404 e. The molecule has 1 saturated heterocycles. The second kappa shape index (κ2) is 17.6. The fourth-order valence-electron chi connectivity index (χ4n) is 5.80. The Hall–Kier alpha value is -2.46. The van der Waals surface area contributed by atoms with E-state index in [1.54, 1.807) is 38.2 Å². The molecule has 0 radical (unpaired) electrons. The van der Waals surface area contributed by atoms with Crippen LogP contribution in [0, 0.1) is 41.4 Å². The third kappa shape index (κ3) is 11.3. The Balaban J connectivity index is 2.76. The summed E-state index contributed by atoms with van der Waals surface area (Å²) in [4.78, 5) is 23.5. The maximum atomic E-state index is 12.0. The number of amides is 1. The number of cyclic esters (lactones) is 1. The molecule has 1 aliphatic heterocycles. The van der Waals surface area contributed by atoms with Gasteiger partial charge in [-0.25, -0.2) is 4.79 Å². The molecular formula is C33H55NO8. The first-order valence-electron chi connectivity index (χ1n) is 15.0. The van der Waals surface area contributed by atoms with Gasteiger partial charge < -0.3 is 35.6 Å². The van der Waals surface area contributed by atoms with E-state index in [2.05, 4.69) is 6.58 Å². The molecule has 9 nitrogen and oxygen atoms in total. The Morgan fingerprint density at radius 1 is 1.02 bits per heavy atom. The van der Waals surface area contributed by atoms with Crippen LogP contribution in [0.2, 0.25) is 0 Å². The average Bonchev–Trinajstić information content (AvgIpc) is 2.93. The number of aliphatic hydroxyl groups excluding tert-OH is 4. The van der Waals surface area contributed by atoms with E-state index in [0.717, 1.165) is 5.57 Å². The molecule has 0 spiro atoms. The van der Waals surface area contributed by atoms with E-state index in [0.29, 0.717) is 6.42 Å². The standard InChI is InChI=1S/C33H55NO8/c1-10-11-12-20(4)31(42-33(34)40)24(8)29(37)22(6)16-18(2)15-21(5)28(36)19(3)13-14-26(35)17-27-23(7)30(38)25(9)32(39)41-27/h10-15,19-31,35-38H,1,16-17H2,2-9H3,(H2,34,40)/t19-,20-,21?,22-,23-,24-,25+,26+,27-,28-,29+,30?,31-/m0/s1. The highest BCUT2D eigenvalue weighted by atomic mass is 16.6. The van der Waals surface area contributed by atoms with Crippen molar-refractivity contribution in [3.05, 3.63) is 48.6 Å². The predicted molar refractivity (Wildman–Crippen MR) is 164 cm³/mol. The fraction of sp³-hybridized carbons (Fsp3) is 0.697. The number of hydrogen-bond donors (Lipinski definition) is 5. The van der Waals surface area contributed by atoms with Gasteiger partial charge in [-0.15, -0.1) is 0 Å². The van der Waals surface area contributed by atoms with E-state index in [1.165, 1.54) is 0 Å². The number of carbonyl (C=O) groups excluding carboxylic acids is 2. The van der Waals surface area contributed by atoms with Gasteiger partial charge in [0.1, 0.15) is 12.2 Å². The third-order valence-electron chi connectivity index (χ3n) is 8.62. The number of esters is 1. The smallest absolute Gasteiger partial charge is 0.404 e. The molecule has 0 aliphatic carbocycles. The minimum Gasteiger partial charge on any atom is -0.462 e. The molecule has 0 aromatic rings. The minimum absolute atomic E-state index is 0.152. The van der Waals surface area contributed by atoms with Crippen molar-refractivity contribution in [2.75, 3.05) is 0 Å². The summed E-state index contributed by atoms with van der Waals surface area (Å²) in [6, 6.07) is 0. The molecule has 9 heteroatoms. The molecular weight excluding hydrogens is 538 g/mol. The van der Waals surface area contributed by atoms with Gasteiger partial charge in [0.05, 0.1) is 30.3 Å². The number of ether oxygens (including phenoxy) is 2. The van der Waals surface area contributed by atoms with Crippen LogP contribution < -0.4 is 5.73 Å². The zero-order chi connectivity index (χ0) is 32.3. The molecule has 1 rings (SSSR count). The van der Waals surface area contributed by atoms with Crippen LogP contribution in [0.4, 0.5) is 4.79 Å². The van der Waals surface area contributed by atoms with Gasteiger partial charge in [-0.3, -0.25) is 4.79 Å². The van der Waals surface area contributed by atoms with Crippen molar-refractivity contribution in [2.45, 2.75) is 105 Å². The molecule has 0 bridgehead atoms. The number of hydrogen-bond acceptors (Lipinski definition) is 8. The topological polar surface area (TPSA) is 160 Å². The summed E-state index contributed by atoms with van der Waals surface area (Å²) in [6.07, 6.45) is 6.04. The van der Waals surface area contributed by atoms with Crippen LogP contribution in [0.1, 0.15) is 68.2 Å².